The Bertz CT molecular complexity index is 1460. The predicted molar refractivity (Wildman–Crippen MR) is 165 cm³/mol. The number of carbonyl (C=O) groups is 3. The zero-order valence-corrected chi connectivity index (χ0v) is 25.8. The van der Waals surface area contributed by atoms with Crippen molar-refractivity contribution in [3.8, 4) is 5.75 Å². The summed E-state index contributed by atoms with van der Waals surface area (Å²) in [5, 5.41) is 0. The van der Waals surface area contributed by atoms with Crippen LogP contribution in [-0.4, -0.2) is 64.0 Å². The SMILES string of the molecule is Cc1ncc(OC[C@@H]2CCN2C(=O)OC(C)(C)C)cc1CC[C@@H](C)c1ccc(CCN2C(=O)c3ccccc3C2=O)cc1. The number of hydrogen-bond donors (Lipinski definition) is 0. The monoisotopic (exact) mass is 583 g/mol. The Morgan fingerprint density at radius 1 is 1.02 bits per heavy atom. The minimum absolute atomic E-state index is 0.00947. The van der Waals surface area contributed by atoms with Crippen LogP contribution in [0.2, 0.25) is 0 Å². The molecule has 1 saturated heterocycles. The van der Waals surface area contributed by atoms with Gasteiger partial charge in [0.25, 0.3) is 11.8 Å². The lowest BCUT2D eigenvalue weighted by molar-refractivity contribution is -0.0142. The third-order valence-corrected chi connectivity index (χ3v) is 8.28. The molecule has 2 atom stereocenters. The first-order valence-electron chi connectivity index (χ1n) is 15.1. The molecule has 1 aromatic heterocycles. The molecule has 0 N–H and O–H groups in total. The highest BCUT2D eigenvalue weighted by atomic mass is 16.6. The second-order valence-corrected chi connectivity index (χ2v) is 12.6. The summed E-state index contributed by atoms with van der Waals surface area (Å²) >= 11 is 0. The van der Waals surface area contributed by atoms with Crippen molar-refractivity contribution in [1.82, 2.24) is 14.8 Å². The van der Waals surface area contributed by atoms with Crippen molar-refractivity contribution in [2.75, 3.05) is 19.7 Å². The van der Waals surface area contributed by atoms with Gasteiger partial charge in [-0.05, 0) is 94.2 Å². The maximum absolute atomic E-state index is 12.6. The van der Waals surface area contributed by atoms with Crippen molar-refractivity contribution in [2.45, 2.75) is 77.9 Å². The van der Waals surface area contributed by atoms with Crippen LogP contribution in [-0.2, 0) is 17.6 Å². The molecule has 0 aliphatic carbocycles. The Balaban J connectivity index is 1.10. The van der Waals surface area contributed by atoms with E-state index in [1.54, 1.807) is 35.4 Å². The molecule has 0 bridgehead atoms. The standard InChI is InChI=1S/C35H41N3O5/c1-23(26-14-11-25(12-15-26)16-18-38-32(39)30-8-6-7-9-31(30)33(38)40)10-13-27-20-29(21-36-24(27)2)42-22-28-17-19-37(28)34(41)43-35(3,4)5/h6-9,11-12,14-15,20-21,23,28H,10,13,16-19,22H2,1-5H3/t23-,28+/m1/s1. The number of hydrogen-bond acceptors (Lipinski definition) is 6. The molecule has 3 aromatic rings. The van der Waals surface area contributed by atoms with Gasteiger partial charge in [-0.3, -0.25) is 19.5 Å². The summed E-state index contributed by atoms with van der Waals surface area (Å²) in [5.74, 6) is 0.630. The van der Waals surface area contributed by atoms with Crippen LogP contribution in [0, 0.1) is 6.92 Å². The van der Waals surface area contributed by atoms with Gasteiger partial charge in [-0.15, -0.1) is 0 Å². The number of amides is 3. The van der Waals surface area contributed by atoms with Gasteiger partial charge in [0.2, 0.25) is 0 Å². The number of rotatable bonds is 10. The summed E-state index contributed by atoms with van der Waals surface area (Å²) in [7, 11) is 0. The average Bonchev–Trinajstić information content (AvgIpc) is 3.19. The minimum Gasteiger partial charge on any atom is -0.490 e. The number of imide groups is 1. The molecule has 0 saturated carbocycles. The molecule has 0 radical (unpaired) electrons. The smallest absolute Gasteiger partial charge is 0.410 e. The molecule has 0 spiro atoms. The normalized spacial score (nSPS) is 17.0. The van der Waals surface area contributed by atoms with E-state index in [4.69, 9.17) is 9.47 Å². The zero-order chi connectivity index (χ0) is 30.7. The Hall–Kier alpha value is -4.20. The molecule has 8 heteroatoms. The van der Waals surface area contributed by atoms with E-state index < -0.39 is 5.60 Å². The zero-order valence-electron chi connectivity index (χ0n) is 25.8. The molecule has 1 fully saturated rings. The Labute approximate surface area is 254 Å². The molecule has 5 rings (SSSR count). The molecule has 2 aliphatic rings. The largest absolute Gasteiger partial charge is 0.490 e. The van der Waals surface area contributed by atoms with Gasteiger partial charge in [0.1, 0.15) is 18.0 Å². The fourth-order valence-corrected chi connectivity index (χ4v) is 5.49. The van der Waals surface area contributed by atoms with Crippen LogP contribution < -0.4 is 4.74 Å². The van der Waals surface area contributed by atoms with Crippen molar-refractivity contribution in [1.29, 1.82) is 0 Å². The maximum atomic E-state index is 12.6. The van der Waals surface area contributed by atoms with Gasteiger partial charge < -0.3 is 14.4 Å². The fourth-order valence-electron chi connectivity index (χ4n) is 5.49. The van der Waals surface area contributed by atoms with Gasteiger partial charge in [-0.1, -0.05) is 43.3 Å². The number of aromatic nitrogens is 1. The number of pyridine rings is 1. The highest BCUT2D eigenvalue weighted by Gasteiger charge is 2.36. The van der Waals surface area contributed by atoms with E-state index in [0.717, 1.165) is 36.1 Å². The van der Waals surface area contributed by atoms with E-state index in [0.29, 0.717) is 48.9 Å². The van der Waals surface area contributed by atoms with Gasteiger partial charge in [0.15, 0.2) is 0 Å². The van der Waals surface area contributed by atoms with Gasteiger partial charge in [0, 0.05) is 18.8 Å². The predicted octanol–water partition coefficient (Wildman–Crippen LogP) is 6.35. The fraction of sp³-hybridized carbons (Fsp3) is 0.429. The topological polar surface area (TPSA) is 89.0 Å². The molecule has 8 nitrogen and oxygen atoms in total. The van der Waals surface area contributed by atoms with Crippen LogP contribution in [0.3, 0.4) is 0 Å². The number of aryl methyl sites for hydroxylation is 2. The van der Waals surface area contributed by atoms with E-state index in [2.05, 4.69) is 42.2 Å². The van der Waals surface area contributed by atoms with Gasteiger partial charge >= 0.3 is 6.09 Å². The Morgan fingerprint density at radius 3 is 2.30 bits per heavy atom. The van der Waals surface area contributed by atoms with Crippen molar-refractivity contribution in [2.24, 2.45) is 0 Å². The van der Waals surface area contributed by atoms with E-state index in [1.807, 2.05) is 27.7 Å². The lowest BCUT2D eigenvalue weighted by Crippen LogP contribution is -2.55. The molecule has 3 amide bonds. The Morgan fingerprint density at radius 2 is 1.70 bits per heavy atom. The molecule has 3 heterocycles. The number of likely N-dealkylation sites (tertiary alicyclic amines) is 1. The summed E-state index contributed by atoms with van der Waals surface area (Å²) in [6.45, 7) is 11.3. The molecular formula is C35H41N3O5. The highest BCUT2D eigenvalue weighted by molar-refractivity contribution is 6.21. The van der Waals surface area contributed by atoms with Crippen molar-refractivity contribution >= 4 is 17.9 Å². The van der Waals surface area contributed by atoms with Gasteiger partial charge in [-0.25, -0.2) is 4.79 Å². The lowest BCUT2D eigenvalue weighted by atomic mass is 9.93. The molecule has 226 valence electrons. The van der Waals surface area contributed by atoms with Crippen LogP contribution in [0.1, 0.15) is 89.6 Å². The Kier molecular flexibility index (Phi) is 8.85. The number of benzene rings is 2. The third kappa shape index (κ3) is 7.07. The number of nitrogens with zero attached hydrogens (tertiary/aromatic N) is 3. The number of fused-ring (bicyclic) bond motifs is 1. The molecular weight excluding hydrogens is 542 g/mol. The van der Waals surface area contributed by atoms with E-state index in [-0.39, 0.29) is 23.9 Å². The van der Waals surface area contributed by atoms with E-state index in [9.17, 15) is 14.4 Å². The molecule has 43 heavy (non-hydrogen) atoms. The molecule has 2 aliphatic heterocycles. The summed E-state index contributed by atoms with van der Waals surface area (Å²) in [4.78, 5) is 45.3. The number of carbonyl (C=O) groups excluding carboxylic acids is 3. The third-order valence-electron chi connectivity index (χ3n) is 8.28. The molecule has 2 aromatic carbocycles. The molecule has 0 unspecified atom stereocenters. The van der Waals surface area contributed by atoms with Crippen molar-refractivity contribution in [3.63, 3.8) is 0 Å². The van der Waals surface area contributed by atoms with Crippen LogP contribution >= 0.6 is 0 Å². The van der Waals surface area contributed by atoms with Crippen molar-refractivity contribution in [3.05, 3.63) is 94.3 Å². The van der Waals surface area contributed by atoms with Gasteiger partial charge in [0.05, 0.1) is 23.4 Å². The van der Waals surface area contributed by atoms with Crippen LogP contribution in [0.4, 0.5) is 4.79 Å². The second-order valence-electron chi connectivity index (χ2n) is 12.6. The maximum Gasteiger partial charge on any atom is 0.410 e. The summed E-state index contributed by atoms with van der Waals surface area (Å²) < 4.78 is 11.6. The quantitative estimate of drug-likeness (QED) is 0.258. The summed E-state index contributed by atoms with van der Waals surface area (Å²) in [6, 6.07) is 17.5. The van der Waals surface area contributed by atoms with Gasteiger partial charge in [-0.2, -0.15) is 0 Å². The average molecular weight is 584 g/mol. The van der Waals surface area contributed by atoms with E-state index in [1.165, 1.54) is 10.5 Å². The first-order chi connectivity index (χ1) is 20.5. The van der Waals surface area contributed by atoms with Crippen LogP contribution in [0.5, 0.6) is 5.75 Å². The highest BCUT2D eigenvalue weighted by Crippen LogP contribution is 2.27. The first-order valence-corrected chi connectivity index (χ1v) is 15.1. The van der Waals surface area contributed by atoms with E-state index >= 15 is 0 Å². The van der Waals surface area contributed by atoms with Crippen molar-refractivity contribution < 1.29 is 23.9 Å². The second kappa shape index (κ2) is 12.6. The summed E-state index contributed by atoms with van der Waals surface area (Å²) in [5.41, 5.74) is 4.94. The number of ether oxygens (including phenoxy) is 2. The lowest BCUT2D eigenvalue weighted by Gasteiger charge is -2.41. The minimum atomic E-state index is -0.516. The van der Waals surface area contributed by atoms with Crippen LogP contribution in [0.25, 0.3) is 0 Å². The summed E-state index contributed by atoms with van der Waals surface area (Å²) in [6.07, 6.45) is 4.79. The first kappa shape index (κ1) is 30.3. The van der Waals surface area contributed by atoms with Crippen LogP contribution in [0.15, 0.2) is 60.8 Å².